The Morgan fingerprint density at radius 2 is 0.582 bits per heavy atom. The number of phosphoric ester groups is 2. The summed E-state index contributed by atoms with van der Waals surface area (Å²) in [6.45, 7) is 2.59. The highest BCUT2D eigenvalue weighted by Crippen LogP contribution is 2.45. The Kier molecular flexibility index (Phi) is 64.8. The van der Waals surface area contributed by atoms with E-state index in [2.05, 4.69) is 93.7 Å². The predicted octanol–water partition coefficient (Wildman–Crippen LogP) is 20.3. The van der Waals surface area contributed by atoms with Crippen LogP contribution in [-0.2, 0) is 55.8 Å². The van der Waals surface area contributed by atoms with Gasteiger partial charge in [0, 0.05) is 19.3 Å². The number of carbonyl (C=O) groups excluding carboxylic acids is 3. The quantitative estimate of drug-likeness (QED) is 0.0146. The zero-order valence-electron chi connectivity index (χ0n) is 57.5. The Hall–Kier alpha value is -3.01. The first-order valence-electron chi connectivity index (χ1n) is 36.2. The minimum absolute atomic E-state index is 0.112. The van der Waals surface area contributed by atoms with Crippen LogP contribution >= 0.6 is 15.6 Å². The van der Waals surface area contributed by atoms with Crippen molar-refractivity contribution in [2.75, 3.05) is 39.6 Å². The Balaban J connectivity index is 4.42. The van der Waals surface area contributed by atoms with E-state index in [9.17, 15) is 43.5 Å². The lowest BCUT2D eigenvalue weighted by Crippen LogP contribution is -2.30. The van der Waals surface area contributed by atoms with Gasteiger partial charge < -0.3 is 34.2 Å². The van der Waals surface area contributed by atoms with Crippen molar-refractivity contribution in [3.63, 3.8) is 0 Å². The van der Waals surface area contributed by atoms with E-state index in [4.69, 9.17) is 32.3 Å². The molecule has 0 saturated carbocycles. The van der Waals surface area contributed by atoms with Crippen LogP contribution in [0.5, 0.6) is 0 Å². The number of aliphatic hydroxyl groups excluding tert-OH is 2. The van der Waals surface area contributed by atoms with E-state index >= 15 is 0 Å². The maximum atomic E-state index is 12.9. The Morgan fingerprint density at radius 3 is 0.923 bits per heavy atom. The maximum Gasteiger partial charge on any atom is 0.472 e. The van der Waals surface area contributed by atoms with Crippen molar-refractivity contribution in [1.82, 2.24) is 0 Å². The Morgan fingerprint density at radius 1 is 0.319 bits per heavy atom. The van der Waals surface area contributed by atoms with E-state index in [0.29, 0.717) is 19.3 Å². The molecule has 0 aliphatic carbocycles. The van der Waals surface area contributed by atoms with E-state index in [-0.39, 0.29) is 19.3 Å². The minimum atomic E-state index is -4.91. The normalized spacial score (nSPS) is 14.6. The zero-order chi connectivity index (χ0) is 66.7. The number of allylic oxidation sites excluding steroid dienone is 12. The molecule has 0 heterocycles. The van der Waals surface area contributed by atoms with Crippen LogP contribution in [0.25, 0.3) is 0 Å². The van der Waals surface area contributed by atoms with Crippen molar-refractivity contribution in [3.05, 3.63) is 72.9 Å². The Bertz CT molecular complexity index is 1950. The standard InChI is InChI=1S/C73H132O16P2/c1-4-7-10-13-16-19-22-25-26-27-28-29-30-31-32-33-34-35-36-37-38-39-40-43-45-47-50-53-56-59-71(76)83-62-68(74)63-85-90(79,80)86-64-69(75)65-87-91(81,82)88-67-70(89-73(78)61-58-55-52-49-46-42-24-21-18-15-12-9-6-3)66-84-72(77)60-57-54-51-48-44-41-23-20-17-14-11-8-5-2/h7,10,16,19,25-26,28-29,31-32,34-35,68-70,74-75H,4-6,8-9,11-15,17-18,20-24,27,30,33,36-67H2,1-3H3,(H,79,80)(H,81,82)/b10-7-,19-16-,26-25-,29-28-,32-31-,35-34-. The van der Waals surface area contributed by atoms with Crippen LogP contribution in [0.15, 0.2) is 72.9 Å². The molecule has 0 aliphatic heterocycles. The summed E-state index contributed by atoms with van der Waals surface area (Å²) in [7, 11) is -9.76. The average molecular weight is 1330 g/mol. The molecule has 0 aliphatic rings. The highest BCUT2D eigenvalue weighted by Gasteiger charge is 2.29. The number of esters is 3. The van der Waals surface area contributed by atoms with Gasteiger partial charge in [0.05, 0.1) is 26.4 Å². The lowest BCUT2D eigenvalue weighted by Gasteiger charge is -2.21. The van der Waals surface area contributed by atoms with Crippen molar-refractivity contribution in [2.24, 2.45) is 0 Å². The molecule has 5 atom stereocenters. The lowest BCUT2D eigenvalue weighted by molar-refractivity contribution is -0.161. The first-order chi connectivity index (χ1) is 44.2. The Labute approximate surface area is 553 Å². The van der Waals surface area contributed by atoms with Gasteiger partial charge in [-0.15, -0.1) is 0 Å². The lowest BCUT2D eigenvalue weighted by atomic mass is 10.0. The highest BCUT2D eigenvalue weighted by molar-refractivity contribution is 7.47. The van der Waals surface area contributed by atoms with Gasteiger partial charge in [0.15, 0.2) is 6.10 Å². The van der Waals surface area contributed by atoms with Gasteiger partial charge >= 0.3 is 33.6 Å². The molecule has 530 valence electrons. The second-order valence-electron chi connectivity index (χ2n) is 24.4. The molecule has 0 rings (SSSR count). The molecule has 0 saturated heterocycles. The van der Waals surface area contributed by atoms with Crippen LogP contribution in [0.2, 0.25) is 0 Å². The molecule has 18 heteroatoms. The molecule has 5 unspecified atom stereocenters. The van der Waals surface area contributed by atoms with Crippen LogP contribution in [-0.4, -0.2) is 95.9 Å². The molecule has 4 N–H and O–H groups in total. The number of carbonyl (C=O) groups is 3. The molecule has 0 radical (unpaired) electrons. The summed E-state index contributed by atoms with van der Waals surface area (Å²) in [5.74, 6) is -1.56. The van der Waals surface area contributed by atoms with Crippen LogP contribution in [0, 0.1) is 0 Å². The summed E-state index contributed by atoms with van der Waals surface area (Å²) in [5, 5.41) is 20.6. The van der Waals surface area contributed by atoms with Gasteiger partial charge in [0.25, 0.3) is 0 Å². The monoisotopic (exact) mass is 1330 g/mol. The second kappa shape index (κ2) is 67.0. The highest BCUT2D eigenvalue weighted by atomic mass is 31.2. The molecule has 0 fully saturated rings. The number of ether oxygens (including phenoxy) is 3. The van der Waals surface area contributed by atoms with E-state index in [1.807, 2.05) is 0 Å². The van der Waals surface area contributed by atoms with Crippen LogP contribution in [0.3, 0.4) is 0 Å². The third-order valence-electron chi connectivity index (χ3n) is 15.4. The molecule has 0 aromatic heterocycles. The van der Waals surface area contributed by atoms with Gasteiger partial charge in [-0.1, -0.05) is 299 Å². The first kappa shape index (κ1) is 88.0. The fraction of sp³-hybridized carbons (Fsp3) is 0.795. The van der Waals surface area contributed by atoms with Gasteiger partial charge in [-0.25, -0.2) is 9.13 Å². The third-order valence-corrected chi connectivity index (χ3v) is 17.3. The molecule has 91 heavy (non-hydrogen) atoms. The van der Waals surface area contributed by atoms with Gasteiger partial charge in [-0.2, -0.15) is 0 Å². The van der Waals surface area contributed by atoms with Crippen molar-refractivity contribution in [3.8, 4) is 0 Å². The third kappa shape index (κ3) is 68.2. The predicted molar refractivity (Wildman–Crippen MR) is 372 cm³/mol. The van der Waals surface area contributed by atoms with Gasteiger partial charge in [0.2, 0.25) is 0 Å². The minimum Gasteiger partial charge on any atom is -0.463 e. The average Bonchev–Trinajstić information content (AvgIpc) is 3.56. The van der Waals surface area contributed by atoms with Gasteiger partial charge in [-0.05, 0) is 70.6 Å². The van der Waals surface area contributed by atoms with Crippen LogP contribution in [0.1, 0.15) is 316 Å². The van der Waals surface area contributed by atoms with Crippen molar-refractivity contribution in [1.29, 1.82) is 0 Å². The van der Waals surface area contributed by atoms with Gasteiger partial charge in [0.1, 0.15) is 25.4 Å². The molecular weight excluding hydrogens is 1190 g/mol. The summed E-state index contributed by atoms with van der Waals surface area (Å²) < 4.78 is 60.9. The van der Waals surface area contributed by atoms with Gasteiger partial charge in [-0.3, -0.25) is 32.5 Å². The number of hydrogen-bond acceptors (Lipinski definition) is 14. The van der Waals surface area contributed by atoms with E-state index < -0.39 is 91.5 Å². The number of rotatable bonds is 69. The fourth-order valence-electron chi connectivity index (χ4n) is 9.93. The molecule has 0 aromatic rings. The summed E-state index contributed by atoms with van der Waals surface area (Å²) in [6, 6.07) is 0. The summed E-state index contributed by atoms with van der Waals surface area (Å²) >= 11 is 0. The van der Waals surface area contributed by atoms with Crippen molar-refractivity contribution < 1.29 is 75.8 Å². The molecule has 16 nitrogen and oxygen atoms in total. The molecule has 0 amide bonds. The smallest absolute Gasteiger partial charge is 0.463 e. The zero-order valence-corrected chi connectivity index (χ0v) is 59.3. The first-order valence-corrected chi connectivity index (χ1v) is 39.2. The molecule has 0 bridgehead atoms. The maximum absolute atomic E-state index is 12.9. The number of hydrogen-bond donors (Lipinski definition) is 4. The number of phosphoric acid groups is 2. The topological polar surface area (TPSA) is 231 Å². The molecular formula is C73H132O16P2. The van der Waals surface area contributed by atoms with Crippen molar-refractivity contribution >= 4 is 33.6 Å². The van der Waals surface area contributed by atoms with Crippen molar-refractivity contribution in [2.45, 2.75) is 334 Å². The number of aliphatic hydroxyl groups is 2. The second-order valence-corrected chi connectivity index (χ2v) is 27.3. The summed E-state index contributed by atoms with van der Waals surface area (Å²) in [6.07, 6.45) is 71.0. The van der Waals surface area contributed by atoms with E-state index in [1.54, 1.807) is 0 Å². The molecule has 0 aromatic carbocycles. The number of unbranched alkanes of at least 4 members (excludes halogenated alkanes) is 34. The SMILES string of the molecule is CC/C=C\C/C=C\C/C=C\C/C=C\C/C=C\C/C=C\CCCCCCCCCCCCC(=O)OCC(O)COP(=O)(O)OCC(O)COP(=O)(O)OCC(COC(=O)CCCCCCCCCCCCCCC)OC(=O)CCCCCCCCCCCCCCC. The van der Waals surface area contributed by atoms with E-state index in [0.717, 1.165) is 116 Å². The largest absolute Gasteiger partial charge is 0.472 e. The van der Waals surface area contributed by atoms with E-state index in [1.165, 1.54) is 141 Å². The summed E-state index contributed by atoms with van der Waals surface area (Å²) in [4.78, 5) is 58.3. The summed E-state index contributed by atoms with van der Waals surface area (Å²) in [5.41, 5.74) is 0. The van der Waals surface area contributed by atoms with Crippen LogP contribution < -0.4 is 0 Å². The van der Waals surface area contributed by atoms with Crippen LogP contribution in [0.4, 0.5) is 0 Å². The fourth-order valence-corrected chi connectivity index (χ4v) is 11.5. The molecule has 0 spiro atoms.